The van der Waals surface area contributed by atoms with Crippen LogP contribution in [-0.2, 0) is 19.6 Å². The van der Waals surface area contributed by atoms with E-state index in [0.29, 0.717) is 25.2 Å². The Bertz CT molecular complexity index is 985. The number of hydrogen-bond donors (Lipinski definition) is 0. The maximum atomic E-state index is 13.3. The highest BCUT2D eigenvalue weighted by molar-refractivity contribution is 8.00. The van der Waals surface area contributed by atoms with Gasteiger partial charge in [0.1, 0.15) is 6.54 Å². The van der Waals surface area contributed by atoms with Gasteiger partial charge in [0.2, 0.25) is 21.8 Å². The van der Waals surface area contributed by atoms with Gasteiger partial charge in [-0.05, 0) is 43.9 Å². The van der Waals surface area contributed by atoms with E-state index in [0.717, 1.165) is 49.8 Å². The van der Waals surface area contributed by atoms with Crippen LogP contribution < -0.4 is 4.90 Å². The van der Waals surface area contributed by atoms with Crippen molar-refractivity contribution in [3.05, 3.63) is 18.2 Å². The number of likely N-dealkylation sites (N-methyl/N-ethyl adjacent to an activating group) is 1. The highest BCUT2D eigenvalue weighted by Gasteiger charge is 2.33. The van der Waals surface area contributed by atoms with E-state index >= 15 is 0 Å². The van der Waals surface area contributed by atoms with Crippen molar-refractivity contribution in [2.45, 2.75) is 85.8 Å². The van der Waals surface area contributed by atoms with Gasteiger partial charge in [-0.3, -0.25) is 9.59 Å². The van der Waals surface area contributed by atoms with Crippen LogP contribution in [0.2, 0.25) is 0 Å². The zero-order valence-corrected chi connectivity index (χ0v) is 21.3. The number of sulfonamides is 1. The first-order valence-electron chi connectivity index (χ1n) is 12.1. The predicted octanol–water partition coefficient (Wildman–Crippen LogP) is 3.87. The van der Waals surface area contributed by atoms with Crippen LogP contribution in [-0.4, -0.2) is 67.4 Å². The summed E-state index contributed by atoms with van der Waals surface area (Å²) in [7, 11) is -1.80. The Morgan fingerprint density at radius 3 is 2.45 bits per heavy atom. The lowest BCUT2D eigenvalue weighted by Crippen LogP contribution is -2.46. The third-order valence-corrected chi connectivity index (χ3v) is 10.1. The molecule has 0 radical (unpaired) electrons. The van der Waals surface area contributed by atoms with Crippen molar-refractivity contribution < 1.29 is 18.0 Å². The van der Waals surface area contributed by atoms with Gasteiger partial charge in [-0.2, -0.15) is 4.31 Å². The molecule has 1 atom stereocenters. The molecule has 1 saturated heterocycles. The molecule has 9 heteroatoms. The molecule has 2 heterocycles. The van der Waals surface area contributed by atoms with E-state index in [1.54, 1.807) is 39.2 Å². The first-order chi connectivity index (χ1) is 15.8. The number of hydrogen-bond acceptors (Lipinski definition) is 5. The van der Waals surface area contributed by atoms with E-state index in [1.165, 1.54) is 11.3 Å². The fourth-order valence-electron chi connectivity index (χ4n) is 5.06. The number of nitrogens with zero attached hydrogens (tertiary/aromatic N) is 3. The van der Waals surface area contributed by atoms with Gasteiger partial charge in [0, 0.05) is 42.7 Å². The first kappa shape index (κ1) is 24.5. The minimum atomic E-state index is -3.63. The van der Waals surface area contributed by atoms with Gasteiger partial charge in [0.25, 0.3) is 0 Å². The van der Waals surface area contributed by atoms with Gasteiger partial charge in [-0.25, -0.2) is 8.42 Å². The summed E-state index contributed by atoms with van der Waals surface area (Å²) in [4.78, 5) is 30.7. The number of thioether (sulfide) groups is 1. The van der Waals surface area contributed by atoms with Crippen LogP contribution in [0.5, 0.6) is 0 Å². The van der Waals surface area contributed by atoms with E-state index in [1.807, 2.05) is 14.0 Å². The van der Waals surface area contributed by atoms with Crippen molar-refractivity contribution in [3.63, 3.8) is 0 Å². The number of amides is 2. The van der Waals surface area contributed by atoms with Gasteiger partial charge in [0.05, 0.1) is 10.6 Å². The number of fused-ring (bicyclic) bond motifs is 1. The average molecular weight is 494 g/mol. The predicted molar refractivity (Wildman–Crippen MR) is 131 cm³/mol. The number of piperidine rings is 1. The van der Waals surface area contributed by atoms with Crippen LogP contribution in [0, 0.1) is 0 Å². The van der Waals surface area contributed by atoms with Crippen LogP contribution in [0.15, 0.2) is 28.0 Å². The zero-order chi connectivity index (χ0) is 23.6. The molecule has 4 rings (SSSR count). The molecule has 1 aliphatic carbocycles. The molecule has 2 amide bonds. The Labute approximate surface area is 201 Å². The van der Waals surface area contributed by atoms with Gasteiger partial charge in [0.15, 0.2) is 0 Å². The molecular formula is C24H35N3O4S2. The summed E-state index contributed by atoms with van der Waals surface area (Å²) in [5.41, 5.74) is 0.540. The third-order valence-electron chi connectivity index (χ3n) is 7.07. The number of rotatable bonds is 5. The third kappa shape index (κ3) is 5.41. The Balaban J connectivity index is 1.63. The largest absolute Gasteiger partial charge is 0.341 e. The smallest absolute Gasteiger partial charge is 0.243 e. The van der Waals surface area contributed by atoms with Crippen LogP contribution in [0.4, 0.5) is 5.69 Å². The highest BCUT2D eigenvalue weighted by atomic mass is 32.2. The topological polar surface area (TPSA) is 78.0 Å². The molecule has 1 aromatic rings. The molecule has 2 aliphatic heterocycles. The van der Waals surface area contributed by atoms with Crippen molar-refractivity contribution in [1.82, 2.24) is 9.21 Å². The highest BCUT2D eigenvalue weighted by Crippen LogP contribution is 2.40. The second kappa shape index (κ2) is 10.4. The Morgan fingerprint density at radius 1 is 1.09 bits per heavy atom. The van der Waals surface area contributed by atoms with E-state index < -0.39 is 10.0 Å². The van der Waals surface area contributed by atoms with Crippen molar-refractivity contribution in [3.8, 4) is 0 Å². The Kier molecular flexibility index (Phi) is 7.70. The number of carbonyl (C=O) groups excluding carboxylic acids is 2. The number of carbonyl (C=O) groups is 2. The lowest BCUT2D eigenvalue weighted by Gasteiger charge is -2.33. The quantitative estimate of drug-likeness (QED) is 0.622. The SMILES string of the molecule is CC1CC(=O)N(CC(=O)N(C)C2CCCCC2)c2cc(S(=O)(=O)N3CCCCC3)ccc2S1. The van der Waals surface area contributed by atoms with Crippen molar-refractivity contribution in [2.24, 2.45) is 0 Å². The van der Waals surface area contributed by atoms with Gasteiger partial charge < -0.3 is 9.80 Å². The van der Waals surface area contributed by atoms with E-state index in [9.17, 15) is 18.0 Å². The maximum absolute atomic E-state index is 13.3. The van der Waals surface area contributed by atoms with Crippen LogP contribution in [0.1, 0.15) is 64.7 Å². The van der Waals surface area contributed by atoms with Crippen LogP contribution in [0.3, 0.4) is 0 Å². The second-order valence-corrected chi connectivity index (χ2v) is 12.9. The van der Waals surface area contributed by atoms with Crippen molar-refractivity contribution >= 4 is 39.3 Å². The minimum absolute atomic E-state index is 0.0528. The van der Waals surface area contributed by atoms with Crippen LogP contribution in [0.25, 0.3) is 0 Å². The average Bonchev–Trinajstić information content (AvgIpc) is 2.94. The fourth-order valence-corrected chi connectivity index (χ4v) is 7.70. The normalized spacial score (nSPS) is 23.2. The summed E-state index contributed by atoms with van der Waals surface area (Å²) < 4.78 is 28.1. The number of benzene rings is 1. The molecule has 0 bridgehead atoms. The number of anilines is 1. The van der Waals surface area contributed by atoms with Gasteiger partial charge >= 0.3 is 0 Å². The molecule has 1 saturated carbocycles. The monoisotopic (exact) mass is 493 g/mol. The molecule has 33 heavy (non-hydrogen) atoms. The minimum Gasteiger partial charge on any atom is -0.341 e. The van der Waals surface area contributed by atoms with Crippen LogP contribution >= 0.6 is 11.8 Å². The summed E-state index contributed by atoms with van der Waals surface area (Å²) >= 11 is 1.56. The molecule has 0 spiro atoms. The summed E-state index contributed by atoms with van der Waals surface area (Å²) in [6.07, 6.45) is 8.54. The van der Waals surface area contributed by atoms with Crippen molar-refractivity contribution in [2.75, 3.05) is 31.6 Å². The van der Waals surface area contributed by atoms with E-state index in [2.05, 4.69) is 0 Å². The van der Waals surface area contributed by atoms with Gasteiger partial charge in [-0.15, -0.1) is 11.8 Å². The molecule has 2 fully saturated rings. The molecule has 0 N–H and O–H groups in total. The molecule has 7 nitrogen and oxygen atoms in total. The molecule has 182 valence electrons. The molecule has 3 aliphatic rings. The fraction of sp³-hybridized carbons (Fsp3) is 0.667. The molecule has 1 unspecified atom stereocenters. The Hall–Kier alpha value is -1.58. The lowest BCUT2D eigenvalue weighted by atomic mass is 9.94. The summed E-state index contributed by atoms with van der Waals surface area (Å²) in [6, 6.07) is 5.27. The van der Waals surface area contributed by atoms with Gasteiger partial charge in [-0.1, -0.05) is 32.6 Å². The second-order valence-electron chi connectivity index (χ2n) is 9.50. The standard InChI is InChI=1S/C24H35N3O4S2/c1-18-15-23(28)27(17-24(29)25(2)19-9-5-3-6-10-19)21-16-20(11-12-22(21)32-18)33(30,31)26-13-7-4-8-14-26/h11-12,16,18-19H,3-10,13-15,17H2,1-2H3. The first-order valence-corrected chi connectivity index (χ1v) is 14.5. The molecular weight excluding hydrogens is 458 g/mol. The molecule has 0 aromatic heterocycles. The summed E-state index contributed by atoms with van der Waals surface area (Å²) in [5.74, 6) is -0.225. The van der Waals surface area contributed by atoms with Crippen molar-refractivity contribution in [1.29, 1.82) is 0 Å². The molecule has 1 aromatic carbocycles. The zero-order valence-electron chi connectivity index (χ0n) is 19.7. The van der Waals surface area contributed by atoms with E-state index in [4.69, 9.17) is 0 Å². The Morgan fingerprint density at radius 2 is 1.76 bits per heavy atom. The summed E-state index contributed by atoms with van der Waals surface area (Å²) in [5, 5.41) is 0.0528. The maximum Gasteiger partial charge on any atom is 0.243 e. The summed E-state index contributed by atoms with van der Waals surface area (Å²) in [6.45, 7) is 2.99. The lowest BCUT2D eigenvalue weighted by molar-refractivity contribution is -0.132. The van der Waals surface area contributed by atoms with E-state index in [-0.39, 0.29) is 34.5 Å².